The number of alkyl halides is 3. The number of carbonyl (C=O) groups is 1. The molecule has 3 rings (SSSR count). The van der Waals surface area contributed by atoms with Crippen molar-refractivity contribution in [2.75, 3.05) is 5.32 Å². The topological polar surface area (TPSA) is 56.8 Å². The summed E-state index contributed by atoms with van der Waals surface area (Å²) < 4.78 is 43.3. The Morgan fingerprint density at radius 3 is 2.59 bits per heavy atom. The van der Waals surface area contributed by atoms with Crippen molar-refractivity contribution in [2.24, 2.45) is 0 Å². The van der Waals surface area contributed by atoms with Gasteiger partial charge in [-0.1, -0.05) is 11.6 Å². The highest BCUT2D eigenvalue weighted by atomic mass is 35.5. The van der Waals surface area contributed by atoms with Crippen molar-refractivity contribution in [1.29, 1.82) is 0 Å². The van der Waals surface area contributed by atoms with Gasteiger partial charge in [0, 0.05) is 12.4 Å². The molecule has 2 aromatic heterocycles. The third-order valence-electron chi connectivity index (χ3n) is 3.65. The lowest BCUT2D eigenvalue weighted by Gasteiger charge is -2.11. The zero-order chi connectivity index (χ0) is 19.8. The molecule has 0 atom stereocenters. The molecule has 1 N–H and O–H groups in total. The molecule has 11 heteroatoms. The summed E-state index contributed by atoms with van der Waals surface area (Å²) in [4.78, 5) is 12.3. The average molecular weight is 416 g/mol. The molecule has 0 fully saturated rings. The number of carbonyl (C=O) groups excluding carboxylic acids is 1. The fraction of sp³-hybridized carbons (Fsp3) is 0.188. The zero-order valence-electron chi connectivity index (χ0n) is 13.9. The van der Waals surface area contributed by atoms with Gasteiger partial charge in [0.1, 0.15) is 12.4 Å². The van der Waals surface area contributed by atoms with Crippen molar-refractivity contribution in [2.45, 2.75) is 19.6 Å². The van der Waals surface area contributed by atoms with E-state index in [2.05, 4.69) is 10.4 Å². The quantitative estimate of drug-likeness (QED) is 0.651. The monoisotopic (exact) mass is 415 g/mol. The van der Waals surface area contributed by atoms with Crippen LogP contribution in [0.1, 0.15) is 11.4 Å². The Kier molecular flexibility index (Phi) is 5.11. The molecule has 0 bridgehead atoms. The van der Waals surface area contributed by atoms with E-state index in [1.807, 2.05) is 0 Å². The van der Waals surface area contributed by atoms with E-state index in [0.717, 1.165) is 18.2 Å². The smallest absolute Gasteiger partial charge is 0.323 e. The van der Waals surface area contributed by atoms with E-state index in [0.29, 0.717) is 5.82 Å². The second-order valence-corrected chi connectivity index (χ2v) is 6.38. The minimum absolute atomic E-state index is 0.00556. The molecule has 3 aromatic rings. The largest absolute Gasteiger partial charge is 0.416 e. The van der Waals surface area contributed by atoms with Crippen molar-refractivity contribution in [3.8, 4) is 0 Å². The first-order chi connectivity index (χ1) is 12.7. The summed E-state index contributed by atoms with van der Waals surface area (Å²) in [6, 6.07) is 6.32. The summed E-state index contributed by atoms with van der Waals surface area (Å²) >= 11 is 11.2. The minimum atomic E-state index is -4.54. The highest BCUT2D eigenvalue weighted by Gasteiger charge is 2.31. The van der Waals surface area contributed by atoms with Gasteiger partial charge >= 0.3 is 6.18 Å². The van der Waals surface area contributed by atoms with Gasteiger partial charge in [0.2, 0.25) is 10.7 Å². The van der Waals surface area contributed by atoms with Gasteiger partial charge in [0.15, 0.2) is 0 Å². The van der Waals surface area contributed by atoms with Crippen molar-refractivity contribution in [3.63, 3.8) is 0 Å². The van der Waals surface area contributed by atoms with Gasteiger partial charge in [-0.15, -0.1) is 0 Å². The first-order valence-corrected chi connectivity index (χ1v) is 8.42. The Morgan fingerprint density at radius 1 is 1.30 bits per heavy atom. The van der Waals surface area contributed by atoms with Crippen LogP contribution in [-0.2, 0) is 17.5 Å². The van der Waals surface area contributed by atoms with Crippen LogP contribution in [0.3, 0.4) is 0 Å². The van der Waals surface area contributed by atoms with Crippen LogP contribution in [0.2, 0.25) is 5.02 Å². The molecule has 1 aromatic carbocycles. The molecule has 1 amide bonds. The van der Waals surface area contributed by atoms with Crippen LogP contribution in [0, 0.1) is 11.7 Å². The Hall–Kier alpha value is -2.59. The molecule has 6 nitrogen and oxygen atoms in total. The molecule has 0 aliphatic carbocycles. The predicted molar refractivity (Wildman–Crippen MR) is 96.1 cm³/mol. The van der Waals surface area contributed by atoms with Crippen LogP contribution in [0.25, 0.3) is 0 Å². The van der Waals surface area contributed by atoms with E-state index >= 15 is 0 Å². The third-order valence-corrected chi connectivity index (χ3v) is 4.37. The standard InChI is InChI=1S/C16H13ClF3N5OS/c1-10-22-24(15(27)25(10)23-6-2-3-7-23)9-14(26)21-13-8-11(16(18,19)20)4-5-12(13)17/h2-8H,9H2,1H3,(H,21,26). The number of benzene rings is 1. The molecular formula is C16H13ClF3N5OS. The molecule has 0 unspecified atom stereocenters. The lowest BCUT2D eigenvalue weighted by molar-refractivity contribution is -0.137. The van der Waals surface area contributed by atoms with E-state index in [4.69, 9.17) is 23.8 Å². The van der Waals surface area contributed by atoms with Gasteiger partial charge in [0.25, 0.3) is 0 Å². The number of amides is 1. The van der Waals surface area contributed by atoms with Gasteiger partial charge < -0.3 is 5.32 Å². The molecule has 0 saturated heterocycles. The van der Waals surface area contributed by atoms with Crippen molar-refractivity contribution >= 4 is 35.4 Å². The maximum atomic E-state index is 12.8. The minimum Gasteiger partial charge on any atom is -0.323 e. The fourth-order valence-electron chi connectivity index (χ4n) is 2.46. The summed E-state index contributed by atoms with van der Waals surface area (Å²) in [6.45, 7) is 1.44. The normalized spacial score (nSPS) is 11.6. The number of aromatic nitrogens is 4. The van der Waals surface area contributed by atoms with Crippen molar-refractivity contribution in [3.05, 3.63) is 63.9 Å². The number of anilines is 1. The first kappa shape index (κ1) is 19.2. The first-order valence-electron chi connectivity index (χ1n) is 7.63. The average Bonchev–Trinajstić information content (AvgIpc) is 3.17. The van der Waals surface area contributed by atoms with Crippen LogP contribution in [-0.4, -0.2) is 25.0 Å². The van der Waals surface area contributed by atoms with Crippen LogP contribution >= 0.6 is 23.8 Å². The molecule has 2 heterocycles. The van der Waals surface area contributed by atoms with Crippen molar-refractivity contribution in [1.82, 2.24) is 19.1 Å². The number of rotatable bonds is 4. The highest BCUT2D eigenvalue weighted by Crippen LogP contribution is 2.33. The predicted octanol–water partition coefficient (Wildman–Crippen LogP) is 4.15. The van der Waals surface area contributed by atoms with E-state index in [9.17, 15) is 18.0 Å². The number of hydrogen-bond donors (Lipinski definition) is 1. The van der Waals surface area contributed by atoms with E-state index in [-0.39, 0.29) is 22.0 Å². The van der Waals surface area contributed by atoms with Crippen LogP contribution in [0.5, 0.6) is 0 Å². The maximum Gasteiger partial charge on any atom is 0.416 e. The Labute approximate surface area is 161 Å². The second-order valence-electron chi connectivity index (χ2n) is 5.60. The van der Waals surface area contributed by atoms with Gasteiger partial charge in [-0.3, -0.25) is 9.47 Å². The molecule has 142 valence electrons. The number of hydrogen-bond acceptors (Lipinski definition) is 3. The summed E-state index contributed by atoms with van der Waals surface area (Å²) in [5, 5.41) is 6.57. The summed E-state index contributed by atoms with van der Waals surface area (Å²) in [6.07, 6.45) is -1.02. The van der Waals surface area contributed by atoms with Gasteiger partial charge in [-0.2, -0.15) is 18.3 Å². The second kappa shape index (κ2) is 7.20. The van der Waals surface area contributed by atoms with Crippen LogP contribution < -0.4 is 5.32 Å². The molecular weight excluding hydrogens is 403 g/mol. The molecule has 0 saturated carbocycles. The van der Waals surface area contributed by atoms with E-state index < -0.39 is 17.6 Å². The summed E-state index contributed by atoms with van der Waals surface area (Å²) in [5.41, 5.74) is -1.05. The lowest BCUT2D eigenvalue weighted by Crippen LogP contribution is -2.20. The Balaban J connectivity index is 1.82. The van der Waals surface area contributed by atoms with Crippen LogP contribution in [0.15, 0.2) is 42.7 Å². The molecule has 0 spiro atoms. The third kappa shape index (κ3) is 4.06. The fourth-order valence-corrected chi connectivity index (χ4v) is 2.95. The summed E-state index contributed by atoms with van der Waals surface area (Å²) in [7, 11) is 0. The number of nitrogens with zero attached hydrogens (tertiary/aromatic N) is 4. The molecule has 0 radical (unpaired) electrons. The van der Waals surface area contributed by atoms with Crippen molar-refractivity contribution < 1.29 is 18.0 Å². The maximum absolute atomic E-state index is 12.8. The number of nitrogens with one attached hydrogen (secondary N) is 1. The SMILES string of the molecule is Cc1nn(CC(=O)Nc2cc(C(F)(F)F)ccc2Cl)c(=S)n1-n1cccc1. The molecule has 0 aliphatic rings. The van der Waals surface area contributed by atoms with Gasteiger partial charge in [-0.05, 0) is 49.5 Å². The molecule has 27 heavy (non-hydrogen) atoms. The Morgan fingerprint density at radius 2 is 1.96 bits per heavy atom. The van der Waals surface area contributed by atoms with E-state index in [1.54, 1.807) is 40.8 Å². The highest BCUT2D eigenvalue weighted by molar-refractivity contribution is 7.71. The number of aryl methyl sites for hydroxylation is 1. The summed E-state index contributed by atoms with van der Waals surface area (Å²) in [5.74, 6) is -0.0643. The lowest BCUT2D eigenvalue weighted by atomic mass is 10.2. The molecule has 0 aliphatic heterocycles. The zero-order valence-corrected chi connectivity index (χ0v) is 15.4. The Bertz CT molecular complexity index is 1040. The van der Waals surface area contributed by atoms with Gasteiger partial charge in [-0.25, -0.2) is 9.36 Å². The van der Waals surface area contributed by atoms with Gasteiger partial charge in [0.05, 0.1) is 16.3 Å². The van der Waals surface area contributed by atoms with E-state index in [1.165, 1.54) is 4.68 Å². The van der Waals surface area contributed by atoms with Crippen LogP contribution in [0.4, 0.5) is 18.9 Å². The number of halogens is 4.